The number of carbonyl (C=O) groups excluding carboxylic acids is 1. The van der Waals surface area contributed by atoms with Crippen LogP contribution in [0.15, 0.2) is 54.6 Å². The third-order valence-electron chi connectivity index (χ3n) is 3.37. The molecule has 0 saturated carbocycles. The van der Waals surface area contributed by atoms with Crippen molar-refractivity contribution < 1.29 is 9.53 Å². The number of ether oxygens (including phenoxy) is 1. The fraction of sp³-hybridized carbons (Fsp3) is 0.118. The molecule has 5 nitrogen and oxygen atoms in total. The lowest BCUT2D eigenvalue weighted by molar-refractivity contribution is 0.0464. The first-order chi connectivity index (χ1) is 11.1. The maximum atomic E-state index is 12.2. The van der Waals surface area contributed by atoms with E-state index in [1.807, 2.05) is 42.5 Å². The number of hydrogen-bond acceptors (Lipinski definition) is 4. The Morgan fingerprint density at radius 2 is 1.83 bits per heavy atom. The monoisotopic (exact) mass is 327 g/mol. The number of nitrogens with zero attached hydrogens (tertiary/aromatic N) is 3. The predicted octanol–water partition coefficient (Wildman–Crippen LogP) is 3.59. The van der Waals surface area contributed by atoms with E-state index in [2.05, 4.69) is 10.3 Å². The summed E-state index contributed by atoms with van der Waals surface area (Å²) in [7, 11) is 0. The molecule has 0 bridgehead atoms. The lowest BCUT2D eigenvalue weighted by atomic mass is 10.2. The third kappa shape index (κ3) is 3.40. The van der Waals surface area contributed by atoms with Crippen molar-refractivity contribution in [3.63, 3.8) is 0 Å². The zero-order valence-electron chi connectivity index (χ0n) is 12.4. The minimum absolute atomic E-state index is 0.160. The Labute approximate surface area is 138 Å². The van der Waals surface area contributed by atoms with Gasteiger partial charge in [-0.1, -0.05) is 47.1 Å². The molecule has 3 rings (SSSR count). The van der Waals surface area contributed by atoms with E-state index in [-0.39, 0.29) is 12.3 Å². The van der Waals surface area contributed by atoms with E-state index in [0.717, 1.165) is 11.3 Å². The molecule has 0 N–H and O–H groups in total. The second-order valence-electron chi connectivity index (χ2n) is 4.97. The minimum atomic E-state index is -0.500. The van der Waals surface area contributed by atoms with Crippen LogP contribution in [0.5, 0.6) is 0 Å². The zero-order chi connectivity index (χ0) is 16.2. The van der Waals surface area contributed by atoms with Crippen LogP contribution in [-0.4, -0.2) is 21.0 Å². The number of aromatic nitrogens is 3. The Morgan fingerprint density at radius 1 is 1.13 bits per heavy atom. The summed E-state index contributed by atoms with van der Waals surface area (Å²) in [6.07, 6.45) is 0. The van der Waals surface area contributed by atoms with Crippen LogP contribution < -0.4 is 0 Å². The highest BCUT2D eigenvalue weighted by molar-refractivity contribution is 6.30. The minimum Gasteiger partial charge on any atom is -0.456 e. The van der Waals surface area contributed by atoms with Gasteiger partial charge in [0.25, 0.3) is 0 Å². The summed E-state index contributed by atoms with van der Waals surface area (Å²) < 4.78 is 6.90. The van der Waals surface area contributed by atoms with Crippen molar-refractivity contribution >= 4 is 17.6 Å². The molecule has 1 aromatic heterocycles. The van der Waals surface area contributed by atoms with Gasteiger partial charge in [-0.2, -0.15) is 0 Å². The van der Waals surface area contributed by atoms with E-state index >= 15 is 0 Å². The standard InChI is InChI=1S/C17H14ClN3O2/c1-12-16(19-20-21(12)15-5-3-2-4-6-15)17(22)23-11-13-7-9-14(18)10-8-13/h2-10H,11H2,1H3. The van der Waals surface area contributed by atoms with Crippen molar-refractivity contribution in [2.75, 3.05) is 0 Å². The van der Waals surface area contributed by atoms with E-state index in [4.69, 9.17) is 16.3 Å². The number of rotatable bonds is 4. The lowest BCUT2D eigenvalue weighted by Crippen LogP contribution is -2.08. The molecule has 0 spiro atoms. The van der Waals surface area contributed by atoms with Gasteiger partial charge in [0.15, 0.2) is 5.69 Å². The number of carbonyl (C=O) groups is 1. The maximum Gasteiger partial charge on any atom is 0.361 e. The molecule has 0 aliphatic rings. The molecular weight excluding hydrogens is 314 g/mol. The van der Waals surface area contributed by atoms with Crippen molar-refractivity contribution in [3.8, 4) is 5.69 Å². The Kier molecular flexibility index (Phi) is 4.39. The highest BCUT2D eigenvalue weighted by Crippen LogP contribution is 2.14. The van der Waals surface area contributed by atoms with Gasteiger partial charge >= 0.3 is 5.97 Å². The number of benzene rings is 2. The summed E-state index contributed by atoms with van der Waals surface area (Å²) in [5, 5.41) is 8.60. The quantitative estimate of drug-likeness (QED) is 0.687. The second-order valence-corrected chi connectivity index (χ2v) is 5.41. The molecule has 23 heavy (non-hydrogen) atoms. The smallest absolute Gasteiger partial charge is 0.361 e. The molecule has 2 aromatic carbocycles. The molecule has 3 aromatic rings. The first-order valence-corrected chi connectivity index (χ1v) is 7.42. The average Bonchev–Trinajstić information content (AvgIpc) is 2.96. The van der Waals surface area contributed by atoms with Crippen LogP contribution in [0.3, 0.4) is 0 Å². The molecule has 0 aliphatic heterocycles. The van der Waals surface area contributed by atoms with Crippen LogP contribution in [0, 0.1) is 6.92 Å². The first kappa shape index (κ1) is 15.2. The summed E-state index contributed by atoms with van der Waals surface area (Å²) in [6, 6.07) is 16.6. The summed E-state index contributed by atoms with van der Waals surface area (Å²) in [5.74, 6) is -0.500. The molecule has 0 saturated heterocycles. The largest absolute Gasteiger partial charge is 0.456 e. The van der Waals surface area contributed by atoms with Crippen LogP contribution in [0.4, 0.5) is 0 Å². The van der Waals surface area contributed by atoms with Crippen molar-refractivity contribution in [1.82, 2.24) is 15.0 Å². The van der Waals surface area contributed by atoms with Gasteiger partial charge in [-0.3, -0.25) is 0 Å². The zero-order valence-corrected chi connectivity index (χ0v) is 13.2. The molecule has 0 fully saturated rings. The predicted molar refractivity (Wildman–Crippen MR) is 86.7 cm³/mol. The first-order valence-electron chi connectivity index (χ1n) is 7.04. The van der Waals surface area contributed by atoms with Crippen molar-refractivity contribution in [2.24, 2.45) is 0 Å². The molecule has 0 amide bonds. The van der Waals surface area contributed by atoms with Crippen molar-refractivity contribution in [2.45, 2.75) is 13.5 Å². The van der Waals surface area contributed by atoms with E-state index in [0.29, 0.717) is 10.7 Å². The Bertz CT molecular complexity index is 814. The summed E-state index contributed by atoms with van der Waals surface area (Å²) in [6.45, 7) is 1.94. The van der Waals surface area contributed by atoms with Gasteiger partial charge in [0, 0.05) is 5.02 Å². The maximum absolute atomic E-state index is 12.2. The Balaban J connectivity index is 1.73. The van der Waals surface area contributed by atoms with Gasteiger partial charge in [-0.25, -0.2) is 9.48 Å². The third-order valence-corrected chi connectivity index (χ3v) is 3.62. The number of halogens is 1. The molecule has 0 aliphatic carbocycles. The Hall–Kier alpha value is -2.66. The van der Waals surface area contributed by atoms with Gasteiger partial charge in [0.05, 0.1) is 11.4 Å². The summed E-state index contributed by atoms with van der Waals surface area (Å²) in [5.41, 5.74) is 2.55. The molecule has 1 heterocycles. The van der Waals surface area contributed by atoms with Gasteiger partial charge in [0.2, 0.25) is 0 Å². The molecule has 0 radical (unpaired) electrons. The van der Waals surface area contributed by atoms with Crippen LogP contribution >= 0.6 is 11.6 Å². The molecule has 0 atom stereocenters. The fourth-order valence-electron chi connectivity index (χ4n) is 2.13. The summed E-state index contributed by atoms with van der Waals surface area (Å²) in [4.78, 5) is 12.2. The van der Waals surface area contributed by atoms with E-state index < -0.39 is 5.97 Å². The highest BCUT2D eigenvalue weighted by Gasteiger charge is 2.18. The van der Waals surface area contributed by atoms with E-state index in [9.17, 15) is 4.79 Å². The van der Waals surface area contributed by atoms with Crippen molar-refractivity contribution in [3.05, 3.63) is 76.6 Å². The molecule has 0 unspecified atom stereocenters. The topological polar surface area (TPSA) is 57.0 Å². The Morgan fingerprint density at radius 3 is 2.52 bits per heavy atom. The normalized spacial score (nSPS) is 10.5. The molecular formula is C17H14ClN3O2. The average molecular weight is 328 g/mol. The highest BCUT2D eigenvalue weighted by atomic mass is 35.5. The van der Waals surface area contributed by atoms with Gasteiger partial charge in [0.1, 0.15) is 6.61 Å². The number of hydrogen-bond donors (Lipinski definition) is 0. The number of esters is 1. The fourth-order valence-corrected chi connectivity index (χ4v) is 2.26. The number of para-hydroxylation sites is 1. The van der Waals surface area contributed by atoms with Crippen molar-refractivity contribution in [1.29, 1.82) is 0 Å². The van der Waals surface area contributed by atoms with E-state index in [1.165, 1.54) is 0 Å². The van der Waals surface area contributed by atoms with E-state index in [1.54, 1.807) is 23.7 Å². The van der Waals surface area contributed by atoms with Gasteiger partial charge in [-0.15, -0.1) is 5.10 Å². The van der Waals surface area contributed by atoms with Crippen LogP contribution in [0.1, 0.15) is 21.7 Å². The van der Waals surface area contributed by atoms with Crippen LogP contribution in [0.25, 0.3) is 5.69 Å². The SMILES string of the molecule is Cc1c(C(=O)OCc2ccc(Cl)cc2)nnn1-c1ccccc1. The molecule has 6 heteroatoms. The van der Waals surface area contributed by atoms with Gasteiger partial charge < -0.3 is 4.74 Å². The summed E-state index contributed by atoms with van der Waals surface area (Å²) >= 11 is 5.82. The van der Waals surface area contributed by atoms with Crippen LogP contribution in [0.2, 0.25) is 5.02 Å². The molecule has 116 valence electrons. The van der Waals surface area contributed by atoms with Crippen LogP contribution in [-0.2, 0) is 11.3 Å². The lowest BCUT2D eigenvalue weighted by Gasteiger charge is -2.05. The van der Waals surface area contributed by atoms with Gasteiger partial charge in [-0.05, 0) is 36.8 Å². The second kappa shape index (κ2) is 6.62.